The minimum absolute atomic E-state index is 0.117. The van der Waals surface area contributed by atoms with Crippen LogP contribution in [0.4, 0.5) is 0 Å². The molecule has 0 radical (unpaired) electrons. The summed E-state index contributed by atoms with van der Waals surface area (Å²) in [5.74, 6) is -0.859. The molecule has 0 aromatic heterocycles. The Kier molecular flexibility index (Phi) is 9.26. The minimum atomic E-state index is -1.26. The van der Waals surface area contributed by atoms with Gasteiger partial charge in [0.2, 0.25) is 5.90 Å². The van der Waals surface area contributed by atoms with Crippen molar-refractivity contribution < 1.29 is 29.3 Å². The summed E-state index contributed by atoms with van der Waals surface area (Å²) in [5, 5.41) is 15.6. The number of aliphatic carboxylic acids is 2. The zero-order valence-electron chi connectivity index (χ0n) is 19.3. The Balaban J connectivity index is 0.000000390. The normalized spacial score (nSPS) is 22.1. The molecule has 0 bridgehead atoms. The molecule has 2 N–H and O–H groups in total. The number of likely N-dealkylation sites (tertiary alicyclic amines) is 1. The maximum Gasteiger partial charge on any atom is 0.328 e. The number of carboxylic acids is 2. The predicted molar refractivity (Wildman–Crippen MR) is 122 cm³/mol. The summed E-state index contributed by atoms with van der Waals surface area (Å²) in [6.07, 6.45) is 4.84. The molecule has 8 nitrogen and oxygen atoms in total. The molecule has 0 aliphatic carbocycles. The van der Waals surface area contributed by atoms with E-state index in [0.29, 0.717) is 18.8 Å². The summed E-state index contributed by atoms with van der Waals surface area (Å²) >= 11 is 0. The standard InChI is InChI=1S/C20H30N2O2.C4H4O4/c1-15-6-7-16(2)22(15)12-5-13-23-18-10-8-17(9-11-18)19-21-20(3,4)14-24-19;5-3(6)1-2-4(7)8/h8-11,15-16H,5-7,12-14H2,1-4H3;1-2H,(H,5,6)(H,7,8). The Morgan fingerprint density at radius 1 is 1.12 bits per heavy atom. The Morgan fingerprint density at radius 2 is 1.69 bits per heavy atom. The molecular formula is C24H34N2O6. The van der Waals surface area contributed by atoms with Crippen molar-refractivity contribution in [2.45, 2.75) is 64.6 Å². The number of hydrogen-bond acceptors (Lipinski definition) is 6. The molecule has 32 heavy (non-hydrogen) atoms. The van der Waals surface area contributed by atoms with Crippen LogP contribution in [0.25, 0.3) is 0 Å². The van der Waals surface area contributed by atoms with Gasteiger partial charge in [-0.05, 0) is 71.2 Å². The third-order valence-corrected chi connectivity index (χ3v) is 5.40. The first-order chi connectivity index (χ1) is 15.1. The topological polar surface area (TPSA) is 109 Å². The van der Waals surface area contributed by atoms with Crippen LogP contribution in [0.2, 0.25) is 0 Å². The van der Waals surface area contributed by atoms with Gasteiger partial charge in [0.1, 0.15) is 12.4 Å². The van der Waals surface area contributed by atoms with Crippen LogP contribution in [0.1, 0.15) is 52.5 Å². The molecule has 2 heterocycles. The highest BCUT2D eigenvalue weighted by Gasteiger charge is 2.27. The fraction of sp³-hybridized carbons (Fsp3) is 0.542. The lowest BCUT2D eigenvalue weighted by Gasteiger charge is -2.25. The second-order valence-electron chi connectivity index (χ2n) is 8.77. The van der Waals surface area contributed by atoms with Gasteiger partial charge in [0, 0.05) is 36.3 Å². The van der Waals surface area contributed by atoms with Crippen molar-refractivity contribution in [3.8, 4) is 5.75 Å². The van der Waals surface area contributed by atoms with Crippen molar-refractivity contribution >= 4 is 17.8 Å². The molecule has 3 rings (SSSR count). The molecule has 2 unspecified atom stereocenters. The first kappa shape index (κ1) is 25.4. The van der Waals surface area contributed by atoms with Crippen molar-refractivity contribution in [1.29, 1.82) is 0 Å². The monoisotopic (exact) mass is 446 g/mol. The van der Waals surface area contributed by atoms with E-state index < -0.39 is 11.9 Å². The number of rotatable bonds is 8. The van der Waals surface area contributed by atoms with Gasteiger partial charge in [-0.25, -0.2) is 14.6 Å². The number of carboxylic acid groups (broad SMARTS) is 2. The van der Waals surface area contributed by atoms with E-state index in [2.05, 4.69) is 37.6 Å². The van der Waals surface area contributed by atoms with E-state index in [1.54, 1.807) is 0 Å². The maximum atomic E-state index is 9.55. The van der Waals surface area contributed by atoms with Crippen molar-refractivity contribution in [2.75, 3.05) is 19.8 Å². The van der Waals surface area contributed by atoms with E-state index in [1.165, 1.54) is 12.8 Å². The van der Waals surface area contributed by atoms with Crippen LogP contribution < -0.4 is 4.74 Å². The van der Waals surface area contributed by atoms with Gasteiger partial charge in [0.25, 0.3) is 0 Å². The molecule has 176 valence electrons. The third kappa shape index (κ3) is 8.34. The minimum Gasteiger partial charge on any atom is -0.494 e. The summed E-state index contributed by atoms with van der Waals surface area (Å²) in [7, 11) is 0. The van der Waals surface area contributed by atoms with E-state index in [-0.39, 0.29) is 5.54 Å². The molecule has 8 heteroatoms. The number of aliphatic imine (C=N–C) groups is 1. The molecule has 1 aromatic carbocycles. The van der Waals surface area contributed by atoms with Gasteiger partial charge in [-0.1, -0.05) is 0 Å². The molecule has 2 atom stereocenters. The fourth-order valence-corrected chi connectivity index (χ4v) is 3.70. The fourth-order valence-electron chi connectivity index (χ4n) is 3.70. The van der Waals surface area contributed by atoms with Crippen molar-refractivity contribution in [2.24, 2.45) is 4.99 Å². The summed E-state index contributed by atoms with van der Waals surface area (Å²) in [6, 6.07) is 9.51. The van der Waals surface area contributed by atoms with E-state index in [9.17, 15) is 9.59 Å². The Labute approximate surface area is 189 Å². The van der Waals surface area contributed by atoms with Gasteiger partial charge < -0.3 is 19.7 Å². The molecule has 0 spiro atoms. The van der Waals surface area contributed by atoms with Gasteiger partial charge in [-0.15, -0.1) is 0 Å². The Morgan fingerprint density at radius 3 is 2.16 bits per heavy atom. The highest BCUT2D eigenvalue weighted by molar-refractivity contribution is 5.95. The van der Waals surface area contributed by atoms with E-state index >= 15 is 0 Å². The Hall–Kier alpha value is -2.87. The van der Waals surface area contributed by atoms with Crippen molar-refractivity contribution in [3.63, 3.8) is 0 Å². The summed E-state index contributed by atoms with van der Waals surface area (Å²) in [5.41, 5.74) is 0.904. The van der Waals surface area contributed by atoms with Crippen LogP contribution in [0, 0.1) is 0 Å². The molecule has 2 aliphatic rings. The molecule has 1 fully saturated rings. The van der Waals surface area contributed by atoms with E-state index in [4.69, 9.17) is 19.7 Å². The largest absolute Gasteiger partial charge is 0.494 e. The quantitative estimate of drug-likeness (QED) is 0.464. The first-order valence-corrected chi connectivity index (χ1v) is 10.9. The molecule has 2 aliphatic heterocycles. The van der Waals surface area contributed by atoms with Gasteiger partial charge in [-0.3, -0.25) is 4.90 Å². The number of carbonyl (C=O) groups is 2. The van der Waals surface area contributed by atoms with Crippen LogP contribution in [0.5, 0.6) is 5.75 Å². The highest BCUT2D eigenvalue weighted by atomic mass is 16.5. The second-order valence-corrected chi connectivity index (χ2v) is 8.77. The van der Waals surface area contributed by atoms with Crippen LogP contribution in [0.15, 0.2) is 41.4 Å². The predicted octanol–water partition coefficient (Wildman–Crippen LogP) is 3.60. The Bertz CT molecular complexity index is 805. The maximum absolute atomic E-state index is 9.55. The third-order valence-electron chi connectivity index (χ3n) is 5.40. The summed E-state index contributed by atoms with van der Waals surface area (Å²) in [4.78, 5) is 26.3. The van der Waals surface area contributed by atoms with Gasteiger partial charge in [-0.2, -0.15) is 0 Å². The van der Waals surface area contributed by atoms with Crippen LogP contribution in [-0.2, 0) is 14.3 Å². The summed E-state index contributed by atoms with van der Waals surface area (Å²) in [6.45, 7) is 11.4. The number of benzene rings is 1. The van der Waals surface area contributed by atoms with Crippen molar-refractivity contribution in [3.05, 3.63) is 42.0 Å². The van der Waals surface area contributed by atoms with Gasteiger partial charge in [0.05, 0.1) is 12.1 Å². The molecule has 0 amide bonds. The number of hydrogen-bond donors (Lipinski definition) is 2. The lowest BCUT2D eigenvalue weighted by molar-refractivity contribution is -0.134. The highest BCUT2D eigenvalue weighted by Crippen LogP contribution is 2.24. The average Bonchev–Trinajstić information content (AvgIpc) is 3.26. The molecule has 0 saturated carbocycles. The summed E-state index contributed by atoms with van der Waals surface area (Å²) < 4.78 is 11.6. The first-order valence-electron chi connectivity index (χ1n) is 10.9. The van der Waals surface area contributed by atoms with Crippen LogP contribution in [0.3, 0.4) is 0 Å². The van der Waals surface area contributed by atoms with Gasteiger partial charge in [0.15, 0.2) is 0 Å². The average molecular weight is 447 g/mol. The van der Waals surface area contributed by atoms with Gasteiger partial charge >= 0.3 is 11.9 Å². The smallest absolute Gasteiger partial charge is 0.328 e. The van der Waals surface area contributed by atoms with Crippen LogP contribution >= 0.6 is 0 Å². The lowest BCUT2D eigenvalue weighted by atomic mass is 10.1. The van der Waals surface area contributed by atoms with E-state index in [1.807, 2.05) is 24.3 Å². The SMILES string of the molecule is CC1CCC(C)N1CCCOc1ccc(C2=NC(C)(C)CO2)cc1.O=C(O)C=CC(=O)O. The molecule has 1 saturated heterocycles. The molecular weight excluding hydrogens is 412 g/mol. The van der Waals surface area contributed by atoms with E-state index in [0.717, 1.165) is 48.9 Å². The number of nitrogens with zero attached hydrogens (tertiary/aromatic N) is 2. The van der Waals surface area contributed by atoms with Crippen LogP contribution in [-0.4, -0.2) is 70.3 Å². The number of ether oxygens (including phenoxy) is 2. The zero-order valence-corrected chi connectivity index (χ0v) is 19.3. The lowest BCUT2D eigenvalue weighted by Crippen LogP contribution is -2.34. The zero-order chi connectivity index (χ0) is 23.7. The molecule has 1 aromatic rings. The second kappa shape index (κ2) is 11.7. The van der Waals surface area contributed by atoms with Crippen molar-refractivity contribution in [1.82, 2.24) is 4.90 Å².